The first-order valence-electron chi connectivity index (χ1n) is 7.92. The van der Waals surface area contributed by atoms with Crippen LogP contribution < -0.4 is 9.47 Å². The van der Waals surface area contributed by atoms with Crippen molar-refractivity contribution in [2.75, 3.05) is 13.2 Å². The second kappa shape index (κ2) is 9.78. The Morgan fingerprint density at radius 2 is 1.58 bits per heavy atom. The van der Waals surface area contributed by atoms with Gasteiger partial charge in [0.05, 0.1) is 18.8 Å². The SMILES string of the molecule is C=CC(=O)OCCCOc1ccc(C(=O)Oc2ccc(C=O)cc2)cc1. The smallest absolute Gasteiger partial charge is 0.343 e. The maximum atomic E-state index is 12.1. The van der Waals surface area contributed by atoms with Gasteiger partial charge in [-0.05, 0) is 48.5 Å². The van der Waals surface area contributed by atoms with Crippen molar-refractivity contribution >= 4 is 18.2 Å². The van der Waals surface area contributed by atoms with Crippen molar-refractivity contribution in [1.82, 2.24) is 0 Å². The summed E-state index contributed by atoms with van der Waals surface area (Å²) in [6.45, 7) is 3.93. The molecule has 6 heteroatoms. The summed E-state index contributed by atoms with van der Waals surface area (Å²) in [6, 6.07) is 12.7. The van der Waals surface area contributed by atoms with Crippen molar-refractivity contribution in [1.29, 1.82) is 0 Å². The lowest BCUT2D eigenvalue weighted by Gasteiger charge is -2.08. The summed E-state index contributed by atoms with van der Waals surface area (Å²) in [5.41, 5.74) is 0.877. The zero-order valence-corrected chi connectivity index (χ0v) is 14.1. The number of benzene rings is 2. The van der Waals surface area contributed by atoms with Crippen LogP contribution in [0.4, 0.5) is 0 Å². The average molecular weight is 354 g/mol. The van der Waals surface area contributed by atoms with Crippen LogP contribution in [0.15, 0.2) is 61.2 Å². The van der Waals surface area contributed by atoms with Crippen molar-refractivity contribution in [2.45, 2.75) is 6.42 Å². The number of rotatable bonds is 9. The Bertz CT molecular complexity index is 762. The molecule has 26 heavy (non-hydrogen) atoms. The Kier molecular flexibility index (Phi) is 7.12. The third kappa shape index (κ3) is 5.90. The lowest BCUT2D eigenvalue weighted by molar-refractivity contribution is -0.137. The van der Waals surface area contributed by atoms with Crippen molar-refractivity contribution in [3.05, 3.63) is 72.3 Å². The van der Waals surface area contributed by atoms with Gasteiger partial charge in [0, 0.05) is 18.1 Å². The fraction of sp³-hybridized carbons (Fsp3) is 0.150. The van der Waals surface area contributed by atoms with E-state index in [2.05, 4.69) is 6.58 Å². The molecule has 0 radical (unpaired) electrons. The van der Waals surface area contributed by atoms with E-state index in [0.29, 0.717) is 41.9 Å². The van der Waals surface area contributed by atoms with Gasteiger partial charge in [-0.15, -0.1) is 0 Å². The highest BCUT2D eigenvalue weighted by Gasteiger charge is 2.09. The number of esters is 2. The quantitative estimate of drug-likeness (QED) is 0.226. The summed E-state index contributed by atoms with van der Waals surface area (Å²) in [5.74, 6) is -0.0256. The zero-order valence-electron chi connectivity index (χ0n) is 14.1. The van der Waals surface area contributed by atoms with Crippen LogP contribution in [-0.2, 0) is 9.53 Å². The number of hydrogen-bond donors (Lipinski definition) is 0. The second-order valence-corrected chi connectivity index (χ2v) is 5.17. The molecule has 2 aromatic rings. The summed E-state index contributed by atoms with van der Waals surface area (Å²) in [7, 11) is 0. The maximum absolute atomic E-state index is 12.1. The maximum Gasteiger partial charge on any atom is 0.343 e. The van der Waals surface area contributed by atoms with Crippen molar-refractivity contribution in [2.24, 2.45) is 0 Å². The Hall–Kier alpha value is -3.41. The van der Waals surface area contributed by atoms with Crippen LogP contribution in [0.2, 0.25) is 0 Å². The van der Waals surface area contributed by atoms with Crippen molar-refractivity contribution < 1.29 is 28.6 Å². The molecule has 0 saturated heterocycles. The van der Waals surface area contributed by atoms with Crippen LogP contribution >= 0.6 is 0 Å². The molecule has 0 saturated carbocycles. The Morgan fingerprint density at radius 3 is 2.19 bits per heavy atom. The van der Waals surface area contributed by atoms with E-state index in [4.69, 9.17) is 14.2 Å². The molecule has 0 N–H and O–H groups in total. The first kappa shape index (κ1) is 18.9. The van der Waals surface area contributed by atoms with Gasteiger partial charge < -0.3 is 14.2 Å². The average Bonchev–Trinajstić information content (AvgIpc) is 2.68. The van der Waals surface area contributed by atoms with E-state index in [1.54, 1.807) is 48.5 Å². The van der Waals surface area contributed by atoms with Gasteiger partial charge in [-0.2, -0.15) is 0 Å². The monoisotopic (exact) mass is 354 g/mol. The minimum Gasteiger partial charge on any atom is -0.493 e. The number of hydrogen-bond acceptors (Lipinski definition) is 6. The molecule has 0 aliphatic rings. The first-order valence-corrected chi connectivity index (χ1v) is 7.92. The molecule has 0 aromatic heterocycles. The zero-order chi connectivity index (χ0) is 18.8. The summed E-state index contributed by atoms with van der Waals surface area (Å²) in [4.78, 5) is 33.6. The molecule has 0 spiro atoms. The molecule has 0 bridgehead atoms. The highest BCUT2D eigenvalue weighted by molar-refractivity contribution is 5.91. The third-order valence-corrected chi connectivity index (χ3v) is 3.29. The predicted molar refractivity (Wildman–Crippen MR) is 94.5 cm³/mol. The normalized spacial score (nSPS) is 9.85. The standard InChI is InChI=1S/C20H18O6/c1-2-19(22)25-13-3-12-24-17-10-6-16(7-11-17)20(23)26-18-8-4-15(14-21)5-9-18/h2,4-11,14H,1,3,12-13H2. The predicted octanol–water partition coefficient (Wildman–Crippen LogP) is 3.22. The molecule has 0 atom stereocenters. The van der Waals surface area contributed by atoms with Crippen LogP contribution in [0.5, 0.6) is 11.5 Å². The van der Waals surface area contributed by atoms with Crippen LogP contribution in [0, 0.1) is 0 Å². The molecule has 0 aliphatic heterocycles. The summed E-state index contributed by atoms with van der Waals surface area (Å²) >= 11 is 0. The highest BCUT2D eigenvalue weighted by atomic mass is 16.5. The van der Waals surface area contributed by atoms with E-state index in [1.807, 2.05) is 0 Å². The molecular formula is C20H18O6. The molecule has 2 rings (SSSR count). The first-order chi connectivity index (χ1) is 12.6. The number of carbonyl (C=O) groups is 3. The van der Waals surface area contributed by atoms with E-state index in [0.717, 1.165) is 6.08 Å². The molecule has 0 fully saturated rings. The van der Waals surface area contributed by atoms with Gasteiger partial charge in [0.15, 0.2) is 0 Å². The fourth-order valence-electron chi connectivity index (χ4n) is 1.95. The fourth-order valence-corrected chi connectivity index (χ4v) is 1.95. The third-order valence-electron chi connectivity index (χ3n) is 3.29. The minimum absolute atomic E-state index is 0.248. The molecule has 6 nitrogen and oxygen atoms in total. The van der Waals surface area contributed by atoms with Gasteiger partial charge in [-0.1, -0.05) is 6.58 Å². The van der Waals surface area contributed by atoms with Crippen LogP contribution in [-0.4, -0.2) is 31.4 Å². The molecular weight excluding hydrogens is 336 g/mol. The Morgan fingerprint density at radius 1 is 0.923 bits per heavy atom. The van der Waals surface area contributed by atoms with Gasteiger partial charge in [0.1, 0.15) is 17.8 Å². The molecule has 0 unspecified atom stereocenters. The van der Waals surface area contributed by atoms with E-state index in [9.17, 15) is 14.4 Å². The van der Waals surface area contributed by atoms with Gasteiger partial charge in [0.2, 0.25) is 0 Å². The van der Waals surface area contributed by atoms with Crippen LogP contribution in [0.3, 0.4) is 0 Å². The molecule has 0 heterocycles. The van der Waals surface area contributed by atoms with Gasteiger partial charge in [-0.25, -0.2) is 9.59 Å². The number of aldehydes is 1. The van der Waals surface area contributed by atoms with E-state index < -0.39 is 11.9 Å². The lowest BCUT2D eigenvalue weighted by Crippen LogP contribution is -2.09. The molecule has 134 valence electrons. The summed E-state index contributed by atoms with van der Waals surface area (Å²) < 4.78 is 15.6. The van der Waals surface area contributed by atoms with Crippen molar-refractivity contribution in [3.8, 4) is 11.5 Å². The number of ether oxygens (including phenoxy) is 3. The van der Waals surface area contributed by atoms with Gasteiger partial charge >= 0.3 is 11.9 Å². The lowest BCUT2D eigenvalue weighted by atomic mass is 10.2. The molecule has 2 aromatic carbocycles. The Balaban J connectivity index is 1.80. The second-order valence-electron chi connectivity index (χ2n) is 5.17. The number of carbonyl (C=O) groups excluding carboxylic acids is 3. The van der Waals surface area contributed by atoms with Crippen LogP contribution in [0.1, 0.15) is 27.1 Å². The van der Waals surface area contributed by atoms with E-state index in [-0.39, 0.29) is 6.61 Å². The molecule has 0 amide bonds. The molecule has 0 aliphatic carbocycles. The largest absolute Gasteiger partial charge is 0.493 e. The van der Waals surface area contributed by atoms with Crippen molar-refractivity contribution in [3.63, 3.8) is 0 Å². The highest BCUT2D eigenvalue weighted by Crippen LogP contribution is 2.16. The van der Waals surface area contributed by atoms with Crippen LogP contribution in [0.25, 0.3) is 0 Å². The van der Waals surface area contributed by atoms with Gasteiger partial charge in [0.25, 0.3) is 0 Å². The minimum atomic E-state index is -0.508. The van der Waals surface area contributed by atoms with Gasteiger partial charge in [-0.3, -0.25) is 4.79 Å². The Labute approximate surface area is 151 Å². The topological polar surface area (TPSA) is 78.9 Å². The summed E-state index contributed by atoms with van der Waals surface area (Å²) in [5, 5.41) is 0. The van der Waals surface area contributed by atoms with E-state index in [1.165, 1.54) is 0 Å². The van der Waals surface area contributed by atoms with E-state index >= 15 is 0 Å². The summed E-state index contributed by atoms with van der Waals surface area (Å²) in [6.07, 6.45) is 2.36.